The van der Waals surface area contributed by atoms with Gasteiger partial charge in [0.15, 0.2) is 0 Å². The summed E-state index contributed by atoms with van der Waals surface area (Å²) in [5, 5.41) is 2.80. The molecule has 0 bridgehead atoms. The lowest BCUT2D eigenvalue weighted by atomic mass is 10.1. The van der Waals surface area contributed by atoms with Crippen LogP contribution in [-0.2, 0) is 6.42 Å². The van der Waals surface area contributed by atoms with Gasteiger partial charge in [0.1, 0.15) is 11.6 Å². The number of halogens is 5. The predicted octanol–water partition coefficient (Wildman–Crippen LogP) is 3.44. The maximum absolute atomic E-state index is 12.8. The van der Waals surface area contributed by atoms with Gasteiger partial charge in [-0.25, -0.2) is 8.78 Å². The molecule has 0 aromatic heterocycles. The lowest BCUT2D eigenvalue weighted by Gasteiger charge is -2.07. The van der Waals surface area contributed by atoms with Crippen LogP contribution < -0.4 is 5.32 Å². The number of rotatable bonds is 6. The molecule has 0 saturated carbocycles. The van der Waals surface area contributed by atoms with Crippen LogP contribution in [0.25, 0.3) is 0 Å². The molecule has 0 saturated heterocycles. The summed E-state index contributed by atoms with van der Waals surface area (Å²) in [6.45, 7) is 0.623. The molecule has 6 heteroatoms. The molecule has 18 heavy (non-hydrogen) atoms. The summed E-state index contributed by atoms with van der Waals surface area (Å²) in [7, 11) is 0. The fourth-order valence-corrected chi connectivity index (χ4v) is 1.53. The number of nitrogens with one attached hydrogen (secondary N) is 1. The molecule has 102 valence electrons. The van der Waals surface area contributed by atoms with Crippen molar-refractivity contribution in [2.75, 3.05) is 13.1 Å². The predicted molar refractivity (Wildman–Crippen MR) is 58.2 cm³/mol. The number of benzene rings is 1. The van der Waals surface area contributed by atoms with Gasteiger partial charge in [0.2, 0.25) is 0 Å². The summed E-state index contributed by atoms with van der Waals surface area (Å²) in [4.78, 5) is 0. The molecule has 1 aromatic carbocycles. The molecule has 1 nitrogen and oxygen atoms in total. The first-order valence-corrected chi connectivity index (χ1v) is 5.59. The van der Waals surface area contributed by atoms with E-state index in [4.69, 9.17) is 0 Å². The van der Waals surface area contributed by atoms with Crippen molar-refractivity contribution < 1.29 is 22.0 Å². The lowest BCUT2D eigenvalue weighted by Crippen LogP contribution is -2.20. The van der Waals surface area contributed by atoms with Crippen LogP contribution in [-0.4, -0.2) is 19.3 Å². The molecule has 0 heterocycles. The highest BCUT2D eigenvalue weighted by Gasteiger charge is 2.25. The van der Waals surface area contributed by atoms with Gasteiger partial charge in [-0.3, -0.25) is 0 Å². The van der Waals surface area contributed by atoms with Crippen LogP contribution in [0.15, 0.2) is 18.2 Å². The Kier molecular flexibility index (Phi) is 5.53. The van der Waals surface area contributed by atoms with E-state index in [9.17, 15) is 22.0 Å². The van der Waals surface area contributed by atoms with Crippen LogP contribution in [0.3, 0.4) is 0 Å². The standard InChI is InChI=1S/C12H14F5N/c13-10-6-9(7-11(14)8-10)2-5-18-4-1-3-12(15,16)17/h6-8,18H,1-5H2. The molecule has 0 aliphatic rings. The van der Waals surface area contributed by atoms with E-state index in [1.54, 1.807) is 0 Å². The van der Waals surface area contributed by atoms with Crippen molar-refractivity contribution in [3.63, 3.8) is 0 Å². The molecule has 0 radical (unpaired) electrons. The average Bonchev–Trinajstić information content (AvgIpc) is 2.20. The van der Waals surface area contributed by atoms with Crippen molar-refractivity contribution in [3.05, 3.63) is 35.4 Å². The second-order valence-corrected chi connectivity index (χ2v) is 4.00. The van der Waals surface area contributed by atoms with Crippen LogP contribution >= 0.6 is 0 Å². The SMILES string of the molecule is Fc1cc(F)cc(CCNCCCC(F)(F)F)c1. The van der Waals surface area contributed by atoms with Gasteiger partial charge in [-0.15, -0.1) is 0 Å². The van der Waals surface area contributed by atoms with Gasteiger partial charge in [-0.1, -0.05) is 0 Å². The molecule has 1 N–H and O–H groups in total. The summed E-state index contributed by atoms with van der Waals surface area (Å²) < 4.78 is 61.0. The largest absolute Gasteiger partial charge is 0.389 e. The molecular formula is C12H14F5N. The fraction of sp³-hybridized carbons (Fsp3) is 0.500. The second kappa shape index (κ2) is 6.68. The van der Waals surface area contributed by atoms with E-state index >= 15 is 0 Å². The molecule has 0 spiro atoms. The van der Waals surface area contributed by atoms with Crippen LogP contribution in [0.2, 0.25) is 0 Å². The van der Waals surface area contributed by atoms with E-state index in [1.807, 2.05) is 0 Å². The van der Waals surface area contributed by atoms with Gasteiger partial charge in [-0.05, 0) is 43.6 Å². The molecule has 1 rings (SSSR count). The van der Waals surface area contributed by atoms with Crippen LogP contribution in [0.4, 0.5) is 22.0 Å². The van der Waals surface area contributed by atoms with Gasteiger partial charge in [0.25, 0.3) is 0 Å². The second-order valence-electron chi connectivity index (χ2n) is 4.00. The van der Waals surface area contributed by atoms with Crippen molar-refractivity contribution in [2.45, 2.75) is 25.4 Å². The fourth-order valence-electron chi connectivity index (χ4n) is 1.53. The number of hydrogen-bond donors (Lipinski definition) is 1. The molecule has 1 aromatic rings. The molecule has 0 unspecified atom stereocenters. The minimum Gasteiger partial charge on any atom is -0.316 e. The summed E-state index contributed by atoms with van der Waals surface area (Å²) >= 11 is 0. The lowest BCUT2D eigenvalue weighted by molar-refractivity contribution is -0.135. The van der Waals surface area contributed by atoms with E-state index in [2.05, 4.69) is 5.32 Å². The Balaban J connectivity index is 2.18. The summed E-state index contributed by atoms with van der Waals surface area (Å²) in [5.74, 6) is -1.30. The average molecular weight is 267 g/mol. The molecular weight excluding hydrogens is 253 g/mol. The highest BCUT2D eigenvalue weighted by Crippen LogP contribution is 2.20. The Morgan fingerprint density at radius 2 is 1.56 bits per heavy atom. The van der Waals surface area contributed by atoms with Crippen molar-refractivity contribution in [2.24, 2.45) is 0 Å². The van der Waals surface area contributed by atoms with E-state index in [0.29, 0.717) is 18.5 Å². The first kappa shape index (κ1) is 14.9. The zero-order valence-corrected chi connectivity index (χ0v) is 9.66. The topological polar surface area (TPSA) is 12.0 Å². The summed E-state index contributed by atoms with van der Waals surface area (Å²) in [6.07, 6.45) is -4.58. The van der Waals surface area contributed by atoms with E-state index < -0.39 is 24.2 Å². The van der Waals surface area contributed by atoms with Gasteiger partial charge in [-0.2, -0.15) is 13.2 Å². The van der Waals surface area contributed by atoms with E-state index in [0.717, 1.165) is 6.07 Å². The molecule has 0 fully saturated rings. The Labute approximate surface area is 102 Å². The number of alkyl halides is 3. The van der Waals surface area contributed by atoms with Crippen molar-refractivity contribution in [1.29, 1.82) is 0 Å². The van der Waals surface area contributed by atoms with E-state index in [-0.39, 0.29) is 13.0 Å². The summed E-state index contributed by atoms with van der Waals surface area (Å²) in [5.41, 5.74) is 0.482. The monoisotopic (exact) mass is 267 g/mol. The molecule has 0 aliphatic carbocycles. The molecule has 0 amide bonds. The minimum atomic E-state index is -4.13. The third-order valence-electron chi connectivity index (χ3n) is 2.33. The van der Waals surface area contributed by atoms with E-state index in [1.165, 1.54) is 12.1 Å². The molecule has 0 aliphatic heterocycles. The minimum absolute atomic E-state index is 0.00100. The maximum atomic E-state index is 12.8. The van der Waals surface area contributed by atoms with Gasteiger partial charge >= 0.3 is 6.18 Å². The van der Waals surface area contributed by atoms with Crippen LogP contribution in [0.5, 0.6) is 0 Å². The van der Waals surface area contributed by atoms with Crippen molar-refractivity contribution in [3.8, 4) is 0 Å². The normalized spacial score (nSPS) is 11.8. The zero-order valence-electron chi connectivity index (χ0n) is 9.66. The van der Waals surface area contributed by atoms with Gasteiger partial charge in [0.05, 0.1) is 0 Å². The Morgan fingerprint density at radius 1 is 0.944 bits per heavy atom. The zero-order chi connectivity index (χ0) is 13.6. The Bertz CT molecular complexity index is 355. The third kappa shape index (κ3) is 6.54. The third-order valence-corrected chi connectivity index (χ3v) is 2.33. The Hall–Kier alpha value is -1.17. The first-order valence-electron chi connectivity index (χ1n) is 5.59. The quantitative estimate of drug-likeness (QED) is 0.615. The van der Waals surface area contributed by atoms with Crippen molar-refractivity contribution >= 4 is 0 Å². The van der Waals surface area contributed by atoms with Gasteiger partial charge in [0, 0.05) is 12.5 Å². The van der Waals surface area contributed by atoms with Gasteiger partial charge < -0.3 is 5.32 Å². The van der Waals surface area contributed by atoms with Crippen molar-refractivity contribution in [1.82, 2.24) is 5.32 Å². The highest BCUT2D eigenvalue weighted by atomic mass is 19.4. The summed E-state index contributed by atoms with van der Waals surface area (Å²) in [6, 6.07) is 3.20. The van der Waals surface area contributed by atoms with Crippen LogP contribution in [0, 0.1) is 11.6 Å². The number of hydrogen-bond acceptors (Lipinski definition) is 1. The molecule has 0 atom stereocenters. The smallest absolute Gasteiger partial charge is 0.316 e. The Morgan fingerprint density at radius 3 is 2.11 bits per heavy atom. The first-order chi connectivity index (χ1) is 8.37. The highest BCUT2D eigenvalue weighted by molar-refractivity contribution is 5.18. The maximum Gasteiger partial charge on any atom is 0.389 e. The van der Waals surface area contributed by atoms with Crippen LogP contribution in [0.1, 0.15) is 18.4 Å².